The topological polar surface area (TPSA) is 0 Å². The smallest absolute Gasteiger partial charge is 0.0517 e. The summed E-state index contributed by atoms with van der Waals surface area (Å²) in [5.74, 6) is 4.17. The molecule has 0 amide bonds. The SMILES string of the molecule is C#CCC1(c2ccccc2)CCCCCCCS1. The fourth-order valence-electron chi connectivity index (χ4n) is 2.76. The predicted octanol–water partition coefficient (Wildman–Crippen LogP) is 4.99. The zero-order chi connectivity index (χ0) is 12.7. The van der Waals surface area contributed by atoms with E-state index in [0.29, 0.717) is 0 Å². The first kappa shape index (κ1) is 13.6. The van der Waals surface area contributed by atoms with Gasteiger partial charge in [0.15, 0.2) is 0 Å². The molecule has 1 aliphatic rings. The highest BCUT2D eigenvalue weighted by atomic mass is 32.2. The normalized spacial score (nSPS) is 25.5. The van der Waals surface area contributed by atoms with Crippen LogP contribution in [0, 0.1) is 12.3 Å². The third kappa shape index (κ3) is 3.33. The maximum Gasteiger partial charge on any atom is 0.0517 e. The van der Waals surface area contributed by atoms with Gasteiger partial charge in [-0.05, 0) is 24.2 Å². The van der Waals surface area contributed by atoms with E-state index in [9.17, 15) is 0 Å². The zero-order valence-electron chi connectivity index (χ0n) is 11.0. The monoisotopic (exact) mass is 258 g/mol. The summed E-state index contributed by atoms with van der Waals surface area (Å²) in [6, 6.07) is 10.9. The summed E-state index contributed by atoms with van der Waals surface area (Å²) in [5, 5.41) is 0. The molecule has 0 radical (unpaired) electrons. The molecule has 1 heteroatoms. The molecule has 0 nitrogen and oxygen atoms in total. The minimum absolute atomic E-state index is 0.167. The van der Waals surface area contributed by atoms with Crippen molar-refractivity contribution in [3.63, 3.8) is 0 Å². The van der Waals surface area contributed by atoms with E-state index in [2.05, 4.69) is 48.0 Å². The number of hydrogen-bond donors (Lipinski definition) is 0. The zero-order valence-corrected chi connectivity index (χ0v) is 11.8. The first-order valence-corrected chi connectivity index (χ1v) is 7.99. The third-order valence-corrected chi connectivity index (χ3v) is 5.42. The molecule has 0 aromatic heterocycles. The van der Waals surface area contributed by atoms with Gasteiger partial charge in [0, 0.05) is 6.42 Å². The van der Waals surface area contributed by atoms with Gasteiger partial charge in [0.05, 0.1) is 4.75 Å². The predicted molar refractivity (Wildman–Crippen MR) is 81.7 cm³/mol. The molecule has 0 saturated carbocycles. The van der Waals surface area contributed by atoms with Crippen molar-refractivity contribution in [2.24, 2.45) is 0 Å². The first-order chi connectivity index (χ1) is 8.87. The molecular formula is C17H22S. The quantitative estimate of drug-likeness (QED) is 0.673. The molecule has 1 aliphatic heterocycles. The Morgan fingerprint density at radius 2 is 1.78 bits per heavy atom. The fraction of sp³-hybridized carbons (Fsp3) is 0.529. The summed E-state index contributed by atoms with van der Waals surface area (Å²) in [6.45, 7) is 0. The number of hydrogen-bond acceptors (Lipinski definition) is 1. The average molecular weight is 258 g/mol. The van der Waals surface area contributed by atoms with Crippen LogP contribution in [0.4, 0.5) is 0 Å². The summed E-state index contributed by atoms with van der Waals surface area (Å²) in [4.78, 5) is 0. The minimum Gasteiger partial charge on any atom is -0.149 e. The fourth-order valence-corrected chi connectivity index (χ4v) is 4.27. The van der Waals surface area contributed by atoms with E-state index >= 15 is 0 Å². The van der Waals surface area contributed by atoms with Crippen LogP contribution in [-0.4, -0.2) is 5.75 Å². The first-order valence-electron chi connectivity index (χ1n) is 7.00. The van der Waals surface area contributed by atoms with Gasteiger partial charge in [0.1, 0.15) is 0 Å². The second-order valence-electron chi connectivity index (χ2n) is 5.11. The molecule has 18 heavy (non-hydrogen) atoms. The summed E-state index contributed by atoms with van der Waals surface area (Å²) in [7, 11) is 0. The van der Waals surface area contributed by atoms with Crippen molar-refractivity contribution in [2.45, 2.75) is 49.7 Å². The van der Waals surface area contributed by atoms with E-state index in [1.807, 2.05) is 0 Å². The van der Waals surface area contributed by atoms with Crippen molar-refractivity contribution in [3.05, 3.63) is 35.9 Å². The highest BCUT2D eigenvalue weighted by Gasteiger charge is 2.31. The molecule has 1 fully saturated rings. The Morgan fingerprint density at radius 1 is 1.06 bits per heavy atom. The van der Waals surface area contributed by atoms with Crippen molar-refractivity contribution < 1.29 is 0 Å². The number of rotatable bonds is 2. The van der Waals surface area contributed by atoms with Crippen molar-refractivity contribution in [3.8, 4) is 12.3 Å². The molecule has 1 aromatic carbocycles. The van der Waals surface area contributed by atoms with Crippen LogP contribution in [0.1, 0.15) is 50.5 Å². The van der Waals surface area contributed by atoms with Gasteiger partial charge in [0.25, 0.3) is 0 Å². The maximum atomic E-state index is 5.65. The molecular weight excluding hydrogens is 236 g/mol. The molecule has 96 valence electrons. The van der Waals surface area contributed by atoms with E-state index in [4.69, 9.17) is 6.42 Å². The molecule has 1 atom stereocenters. The largest absolute Gasteiger partial charge is 0.149 e. The second kappa shape index (κ2) is 6.90. The summed E-state index contributed by atoms with van der Waals surface area (Å²) in [5.41, 5.74) is 1.43. The van der Waals surface area contributed by atoms with Crippen LogP contribution in [0.3, 0.4) is 0 Å². The number of terminal acetylenes is 1. The van der Waals surface area contributed by atoms with Crippen LogP contribution in [-0.2, 0) is 4.75 Å². The molecule has 0 spiro atoms. The summed E-state index contributed by atoms with van der Waals surface area (Å²) >= 11 is 2.09. The van der Waals surface area contributed by atoms with Crippen LogP contribution in [0.2, 0.25) is 0 Å². The van der Waals surface area contributed by atoms with Crippen molar-refractivity contribution in [1.29, 1.82) is 0 Å². The van der Waals surface area contributed by atoms with Crippen molar-refractivity contribution in [1.82, 2.24) is 0 Å². The van der Waals surface area contributed by atoms with Gasteiger partial charge in [-0.1, -0.05) is 56.0 Å². The molecule has 0 aliphatic carbocycles. The highest BCUT2D eigenvalue weighted by Crippen LogP contribution is 2.45. The Morgan fingerprint density at radius 3 is 2.56 bits per heavy atom. The highest BCUT2D eigenvalue weighted by molar-refractivity contribution is 8.00. The van der Waals surface area contributed by atoms with Crippen LogP contribution >= 0.6 is 11.8 Å². The van der Waals surface area contributed by atoms with E-state index in [1.165, 1.54) is 49.8 Å². The van der Waals surface area contributed by atoms with Crippen LogP contribution in [0.5, 0.6) is 0 Å². The second-order valence-corrected chi connectivity index (χ2v) is 6.59. The Balaban J connectivity index is 2.25. The van der Waals surface area contributed by atoms with Gasteiger partial charge in [0.2, 0.25) is 0 Å². The molecule has 1 unspecified atom stereocenters. The van der Waals surface area contributed by atoms with E-state index in [0.717, 1.165) is 6.42 Å². The van der Waals surface area contributed by atoms with Gasteiger partial charge in [-0.15, -0.1) is 24.1 Å². The van der Waals surface area contributed by atoms with Crippen LogP contribution < -0.4 is 0 Å². The standard InChI is InChI=1S/C17H22S/c1-2-13-17(16-11-7-6-8-12-16)14-9-4-3-5-10-15-18-17/h1,6-8,11-12H,3-5,9-10,13-15H2. The van der Waals surface area contributed by atoms with E-state index in [-0.39, 0.29) is 4.75 Å². The molecule has 2 rings (SSSR count). The summed E-state index contributed by atoms with van der Waals surface area (Å²) < 4.78 is 0.167. The minimum atomic E-state index is 0.167. The molecule has 0 bridgehead atoms. The van der Waals surface area contributed by atoms with Gasteiger partial charge in [-0.2, -0.15) is 0 Å². The van der Waals surface area contributed by atoms with E-state index in [1.54, 1.807) is 0 Å². The summed E-state index contributed by atoms with van der Waals surface area (Å²) in [6.07, 6.45) is 14.5. The Kier molecular flexibility index (Phi) is 5.20. The van der Waals surface area contributed by atoms with Crippen molar-refractivity contribution in [2.75, 3.05) is 5.75 Å². The Labute approximate surface area is 116 Å². The van der Waals surface area contributed by atoms with Gasteiger partial charge >= 0.3 is 0 Å². The lowest BCUT2D eigenvalue weighted by Crippen LogP contribution is -2.22. The number of benzene rings is 1. The van der Waals surface area contributed by atoms with Crippen LogP contribution in [0.25, 0.3) is 0 Å². The molecule has 1 saturated heterocycles. The van der Waals surface area contributed by atoms with Gasteiger partial charge < -0.3 is 0 Å². The Hall–Kier alpha value is -0.870. The maximum absolute atomic E-state index is 5.65. The third-order valence-electron chi connectivity index (χ3n) is 3.79. The van der Waals surface area contributed by atoms with Gasteiger partial charge in [-0.3, -0.25) is 0 Å². The molecule has 1 heterocycles. The molecule has 1 aromatic rings. The van der Waals surface area contributed by atoms with Gasteiger partial charge in [-0.25, -0.2) is 0 Å². The van der Waals surface area contributed by atoms with Crippen LogP contribution in [0.15, 0.2) is 30.3 Å². The van der Waals surface area contributed by atoms with Crippen molar-refractivity contribution >= 4 is 11.8 Å². The number of thioether (sulfide) groups is 1. The van der Waals surface area contributed by atoms with E-state index < -0.39 is 0 Å². The molecule has 0 N–H and O–H groups in total. The average Bonchev–Trinajstić information content (AvgIpc) is 2.53. The lowest BCUT2D eigenvalue weighted by molar-refractivity contribution is 0.527. The Bertz CT molecular complexity index is 378. The lowest BCUT2D eigenvalue weighted by Gasteiger charge is -2.32. The lowest BCUT2D eigenvalue weighted by atomic mass is 9.89.